The second kappa shape index (κ2) is 7.40. The van der Waals surface area contributed by atoms with E-state index in [0.29, 0.717) is 0 Å². The van der Waals surface area contributed by atoms with Gasteiger partial charge in [-0.3, -0.25) is 20.2 Å². The van der Waals surface area contributed by atoms with E-state index in [9.17, 15) is 20.2 Å². The van der Waals surface area contributed by atoms with Gasteiger partial charge in [0, 0.05) is 24.5 Å². The molecule has 2 aromatic heterocycles. The first-order valence-corrected chi connectivity index (χ1v) is 5.89. The molecule has 2 aromatic rings. The molecule has 2 rings (SSSR count). The van der Waals surface area contributed by atoms with Crippen LogP contribution in [0.5, 0.6) is 0 Å². The van der Waals surface area contributed by atoms with E-state index in [1.165, 1.54) is 36.7 Å². The van der Waals surface area contributed by atoms with Gasteiger partial charge in [0.05, 0.1) is 9.85 Å². The Balaban J connectivity index is 0.000000200. The van der Waals surface area contributed by atoms with Gasteiger partial charge in [-0.1, -0.05) is 0 Å². The van der Waals surface area contributed by atoms with Crippen LogP contribution in [-0.2, 0) is 0 Å². The van der Waals surface area contributed by atoms with E-state index < -0.39 is 9.85 Å². The zero-order valence-electron chi connectivity index (χ0n) is 9.78. The summed E-state index contributed by atoms with van der Waals surface area (Å²) in [6.45, 7) is 0. The lowest BCUT2D eigenvalue weighted by atomic mass is 10.4. The van der Waals surface area contributed by atoms with Crippen molar-refractivity contribution in [3.8, 4) is 0 Å². The van der Waals surface area contributed by atoms with Crippen molar-refractivity contribution in [3.05, 3.63) is 56.9 Å². The van der Waals surface area contributed by atoms with E-state index in [0.717, 1.165) is 0 Å². The summed E-state index contributed by atoms with van der Waals surface area (Å²) >= 11 is 7.57. The average Bonchev–Trinajstić information content (AvgIpc) is 2.40. The van der Waals surface area contributed by atoms with Gasteiger partial charge in [0.1, 0.15) is 0 Å². The van der Waals surface area contributed by atoms with Gasteiger partial charge in [0.2, 0.25) is 0 Å². The summed E-state index contributed by atoms with van der Waals surface area (Å²) < 4.78 is 0. The quantitative estimate of drug-likeness (QED) is 0.500. The Morgan fingerprint density at radius 2 is 1.20 bits per heavy atom. The molecule has 8 nitrogen and oxygen atoms in total. The Labute approximate surface area is 124 Å². The van der Waals surface area contributed by atoms with Crippen molar-refractivity contribution in [2.24, 2.45) is 0 Å². The molecule has 0 N–H and O–H groups in total. The third-order valence-corrected chi connectivity index (χ3v) is 2.61. The van der Waals surface area contributed by atoms with Crippen LogP contribution in [0.15, 0.2) is 46.7 Å². The topological polar surface area (TPSA) is 112 Å². The summed E-state index contributed by atoms with van der Waals surface area (Å²) in [5.74, 6) is 0. The van der Waals surface area contributed by atoms with Crippen LogP contribution < -0.4 is 0 Å². The molecule has 0 aliphatic heterocycles. The molecule has 0 unspecified atom stereocenters. The van der Waals surface area contributed by atoms with E-state index in [1.54, 1.807) is 0 Å². The molecule has 0 bridgehead atoms. The predicted molar refractivity (Wildman–Crippen MR) is 76.3 cm³/mol. The van der Waals surface area contributed by atoms with Gasteiger partial charge in [-0.15, -0.1) is 25.3 Å². The Hall–Kier alpha value is -2.20. The number of nitrogens with zero attached hydrogens (tertiary/aromatic N) is 4. The molecule has 0 aliphatic carbocycles. The molecular weight excluding hydrogens is 304 g/mol. The number of aromatic nitrogens is 2. The highest BCUT2D eigenvalue weighted by molar-refractivity contribution is 7.80. The summed E-state index contributed by atoms with van der Waals surface area (Å²) in [5.41, 5.74) is -0.128. The maximum Gasteiger partial charge on any atom is 0.301 e. The fourth-order valence-corrected chi connectivity index (χ4v) is 1.51. The molecule has 20 heavy (non-hydrogen) atoms. The first kappa shape index (κ1) is 15.9. The van der Waals surface area contributed by atoms with Crippen LogP contribution >= 0.6 is 25.3 Å². The minimum absolute atomic E-state index is 0.0640. The number of hydrogen-bond acceptors (Lipinski definition) is 8. The molecular formula is C10H8N4O4S2. The third-order valence-electron chi connectivity index (χ3n) is 1.93. The SMILES string of the molecule is O=[N+]([O-])c1cccnc1S.O=[N+]([O-])c1cccnc1S. The number of thiol groups is 2. The third kappa shape index (κ3) is 4.48. The van der Waals surface area contributed by atoms with Crippen LogP contribution in [0.2, 0.25) is 0 Å². The molecule has 0 aromatic carbocycles. The van der Waals surface area contributed by atoms with Crippen molar-refractivity contribution in [2.75, 3.05) is 0 Å². The molecule has 0 aliphatic rings. The Bertz CT molecular complexity index is 583. The number of nitro groups is 2. The summed E-state index contributed by atoms with van der Waals surface area (Å²) in [7, 11) is 0. The molecule has 0 fully saturated rings. The summed E-state index contributed by atoms with van der Waals surface area (Å²) in [6, 6.07) is 5.71. The second-order valence-electron chi connectivity index (χ2n) is 3.21. The lowest BCUT2D eigenvalue weighted by Crippen LogP contribution is -1.90. The Morgan fingerprint density at radius 1 is 0.850 bits per heavy atom. The van der Waals surface area contributed by atoms with E-state index in [-0.39, 0.29) is 21.4 Å². The first-order valence-electron chi connectivity index (χ1n) is 5.00. The smallest absolute Gasteiger partial charge is 0.258 e. The minimum Gasteiger partial charge on any atom is -0.258 e. The molecule has 0 atom stereocenters. The van der Waals surface area contributed by atoms with E-state index in [4.69, 9.17) is 0 Å². The normalized spacial score (nSPS) is 9.30. The summed E-state index contributed by atoms with van der Waals surface area (Å²) in [4.78, 5) is 26.5. The zero-order valence-corrected chi connectivity index (χ0v) is 11.6. The van der Waals surface area contributed by atoms with Gasteiger partial charge >= 0.3 is 11.4 Å². The van der Waals surface area contributed by atoms with Gasteiger partial charge in [-0.2, -0.15) is 0 Å². The van der Waals surface area contributed by atoms with Crippen LogP contribution in [0.1, 0.15) is 0 Å². The zero-order chi connectivity index (χ0) is 15.1. The first-order chi connectivity index (χ1) is 9.43. The van der Waals surface area contributed by atoms with Crippen LogP contribution in [0, 0.1) is 20.2 Å². The predicted octanol–water partition coefficient (Wildman–Crippen LogP) is 2.56. The lowest BCUT2D eigenvalue weighted by molar-refractivity contribution is -0.388. The highest BCUT2D eigenvalue weighted by Crippen LogP contribution is 2.18. The second-order valence-corrected chi connectivity index (χ2v) is 4.05. The van der Waals surface area contributed by atoms with Gasteiger partial charge in [0.15, 0.2) is 10.1 Å². The van der Waals surface area contributed by atoms with Gasteiger partial charge in [0.25, 0.3) is 0 Å². The summed E-state index contributed by atoms with van der Waals surface area (Å²) in [6.07, 6.45) is 2.91. The standard InChI is InChI=1S/2C5H4N2O2S/c2*8-7(9)4-2-1-3-6-5(4)10/h2*1-3H,(H,6,10). The molecule has 0 saturated heterocycles. The van der Waals surface area contributed by atoms with Crippen LogP contribution in [0.4, 0.5) is 11.4 Å². The van der Waals surface area contributed by atoms with Crippen LogP contribution in [-0.4, -0.2) is 19.8 Å². The van der Waals surface area contributed by atoms with Gasteiger partial charge in [-0.05, 0) is 12.1 Å². The van der Waals surface area contributed by atoms with Crippen molar-refractivity contribution in [1.29, 1.82) is 0 Å². The average molecular weight is 312 g/mol. The molecule has 104 valence electrons. The summed E-state index contributed by atoms with van der Waals surface area (Å²) in [5, 5.41) is 20.6. The highest BCUT2D eigenvalue weighted by Gasteiger charge is 2.09. The fraction of sp³-hybridized carbons (Fsp3) is 0. The van der Waals surface area contributed by atoms with Crippen LogP contribution in [0.25, 0.3) is 0 Å². The fourth-order valence-electron chi connectivity index (χ4n) is 1.06. The maximum absolute atomic E-state index is 10.1. The molecule has 0 saturated carbocycles. The number of hydrogen-bond donors (Lipinski definition) is 2. The molecule has 0 radical (unpaired) electrons. The minimum atomic E-state index is -0.519. The van der Waals surface area contributed by atoms with Crippen molar-refractivity contribution in [1.82, 2.24) is 9.97 Å². The van der Waals surface area contributed by atoms with Crippen molar-refractivity contribution in [2.45, 2.75) is 10.1 Å². The largest absolute Gasteiger partial charge is 0.301 e. The molecule has 0 spiro atoms. The molecule has 10 heteroatoms. The van der Waals surface area contributed by atoms with E-state index in [1.807, 2.05) is 0 Å². The molecule has 0 amide bonds. The van der Waals surface area contributed by atoms with E-state index in [2.05, 4.69) is 35.2 Å². The van der Waals surface area contributed by atoms with E-state index >= 15 is 0 Å². The van der Waals surface area contributed by atoms with Gasteiger partial charge < -0.3 is 0 Å². The highest BCUT2D eigenvalue weighted by atomic mass is 32.1. The van der Waals surface area contributed by atoms with Crippen molar-refractivity contribution < 1.29 is 9.85 Å². The van der Waals surface area contributed by atoms with Gasteiger partial charge in [-0.25, -0.2) is 9.97 Å². The number of pyridine rings is 2. The number of rotatable bonds is 2. The van der Waals surface area contributed by atoms with Crippen LogP contribution in [0.3, 0.4) is 0 Å². The lowest BCUT2D eigenvalue weighted by Gasteiger charge is -1.90. The monoisotopic (exact) mass is 312 g/mol. The van der Waals surface area contributed by atoms with Crippen molar-refractivity contribution in [3.63, 3.8) is 0 Å². The Kier molecular flexibility index (Phi) is 5.87. The molecule has 2 heterocycles. The maximum atomic E-state index is 10.1. The Morgan fingerprint density at radius 3 is 1.40 bits per heavy atom. The van der Waals surface area contributed by atoms with Crippen molar-refractivity contribution >= 4 is 36.6 Å².